The molecule has 254 valence electrons. The van der Waals surface area contributed by atoms with Crippen LogP contribution in [0.3, 0.4) is 0 Å². The Morgan fingerprint density at radius 1 is 1.09 bits per heavy atom. The third-order valence-corrected chi connectivity index (χ3v) is 6.91. The molecule has 2 amide bonds. The quantitative estimate of drug-likeness (QED) is 0.208. The molecule has 0 bridgehead atoms. The molecule has 0 spiro atoms. The fourth-order valence-electron chi connectivity index (χ4n) is 4.18. The van der Waals surface area contributed by atoms with Crippen LogP contribution in [0.15, 0.2) is 58.8 Å². The maximum atomic E-state index is 13.3. The fraction of sp³-hybridized carbons (Fsp3) is 0.472. The van der Waals surface area contributed by atoms with E-state index in [2.05, 4.69) is 41.4 Å². The highest BCUT2D eigenvalue weighted by Crippen LogP contribution is 2.26. The minimum absolute atomic E-state index is 0.195. The Hall–Kier alpha value is -4.15. The molecule has 1 aliphatic heterocycles. The molecule has 10 heteroatoms. The molecule has 0 fully saturated rings. The van der Waals surface area contributed by atoms with Crippen LogP contribution in [0, 0.1) is 18.8 Å². The lowest BCUT2D eigenvalue weighted by atomic mass is 9.97. The molecule has 1 aliphatic rings. The van der Waals surface area contributed by atoms with Gasteiger partial charge in [0, 0.05) is 44.1 Å². The molecule has 3 rings (SSSR count). The lowest BCUT2D eigenvalue weighted by molar-refractivity contribution is -0.0980. The summed E-state index contributed by atoms with van der Waals surface area (Å²) in [4.78, 5) is 45.5. The van der Waals surface area contributed by atoms with Crippen molar-refractivity contribution in [2.45, 2.75) is 81.2 Å². The first-order chi connectivity index (χ1) is 22.0. The topological polar surface area (TPSA) is 149 Å². The van der Waals surface area contributed by atoms with Crippen LogP contribution in [0.25, 0.3) is 0 Å². The average Bonchev–Trinajstić information content (AvgIpc) is 3.06. The zero-order chi connectivity index (χ0) is 35.2. The fourth-order valence-corrected chi connectivity index (χ4v) is 4.18. The zero-order valence-corrected chi connectivity index (χ0v) is 29.3. The first-order valence-corrected chi connectivity index (χ1v) is 15.9. The number of hydrogen-bond acceptors (Lipinski definition) is 8. The van der Waals surface area contributed by atoms with Gasteiger partial charge in [0.25, 0.3) is 11.8 Å². The van der Waals surface area contributed by atoms with E-state index >= 15 is 0 Å². The number of nitrogens with one attached hydrogen (secondary N) is 2. The monoisotopic (exact) mass is 636 g/mol. The third kappa shape index (κ3) is 14.8. The lowest BCUT2D eigenvalue weighted by Crippen LogP contribution is -2.33. The molecule has 46 heavy (non-hydrogen) atoms. The molecular formula is C36H56N6O4. The highest BCUT2D eigenvalue weighted by atomic mass is 16.3. The predicted octanol–water partition coefficient (Wildman–Crippen LogP) is 5.93. The van der Waals surface area contributed by atoms with E-state index in [-0.39, 0.29) is 11.8 Å². The molecule has 1 unspecified atom stereocenters. The molecule has 0 radical (unpaired) electrons. The van der Waals surface area contributed by atoms with Gasteiger partial charge in [0.05, 0.1) is 11.3 Å². The van der Waals surface area contributed by atoms with E-state index in [0.717, 1.165) is 31.5 Å². The van der Waals surface area contributed by atoms with E-state index < -0.39 is 0 Å². The number of fused-ring (bicyclic) bond motifs is 1. The van der Waals surface area contributed by atoms with Crippen LogP contribution in [0.4, 0.5) is 5.69 Å². The number of amidine groups is 2. The van der Waals surface area contributed by atoms with Crippen molar-refractivity contribution < 1.29 is 19.5 Å². The molecule has 0 saturated carbocycles. The number of nitrogens with two attached hydrogens (primary N) is 1. The number of aliphatic imine (C=N–C) groups is 2. The van der Waals surface area contributed by atoms with Gasteiger partial charge in [0.1, 0.15) is 18.5 Å². The van der Waals surface area contributed by atoms with Crippen LogP contribution in [-0.2, 0) is 17.8 Å². The Morgan fingerprint density at radius 3 is 2.33 bits per heavy atom. The van der Waals surface area contributed by atoms with Crippen LogP contribution in [0.5, 0.6) is 0 Å². The molecule has 2 aromatic rings. The van der Waals surface area contributed by atoms with Gasteiger partial charge < -0.3 is 31.2 Å². The van der Waals surface area contributed by atoms with Gasteiger partial charge in [-0.3, -0.25) is 9.59 Å². The number of amides is 2. The van der Waals surface area contributed by atoms with Crippen molar-refractivity contribution in [2.75, 3.05) is 20.2 Å². The number of carbonyl (C=O) groups is 3. The molecule has 1 heterocycles. The lowest BCUT2D eigenvalue weighted by Gasteiger charge is -2.25. The van der Waals surface area contributed by atoms with E-state index in [9.17, 15) is 9.59 Å². The Kier molecular flexibility index (Phi) is 21.1. The van der Waals surface area contributed by atoms with Gasteiger partial charge >= 0.3 is 0 Å². The van der Waals surface area contributed by atoms with Gasteiger partial charge in [-0.25, -0.2) is 9.98 Å². The van der Waals surface area contributed by atoms with Gasteiger partial charge in [-0.05, 0) is 74.0 Å². The molecule has 2 aromatic carbocycles. The SMILES string of the molecule is C=O.CC.CC(C)CO.CCC(C)CC(=Nc1c(C)cccc1C(=O)NC(C)=N/C=C\N)NC(=O)c1ccc2c(c1)CCN(C)C2. The van der Waals surface area contributed by atoms with Gasteiger partial charge in [-0.2, -0.15) is 0 Å². The van der Waals surface area contributed by atoms with Crippen LogP contribution in [0.1, 0.15) is 98.7 Å². The average molecular weight is 637 g/mol. The van der Waals surface area contributed by atoms with E-state index in [1.807, 2.05) is 71.7 Å². The van der Waals surface area contributed by atoms with E-state index in [0.29, 0.717) is 53.3 Å². The summed E-state index contributed by atoms with van der Waals surface area (Å²) in [6, 6.07) is 11.3. The van der Waals surface area contributed by atoms with Crippen molar-refractivity contribution in [3.8, 4) is 0 Å². The third-order valence-electron chi connectivity index (χ3n) is 6.91. The summed E-state index contributed by atoms with van der Waals surface area (Å²) in [6.07, 6.45) is 5.14. The van der Waals surface area contributed by atoms with Gasteiger partial charge in [-0.15, -0.1) is 0 Å². The Balaban J connectivity index is 0.00000201. The number of aryl methyl sites for hydroxylation is 1. The Bertz CT molecular complexity index is 1320. The number of rotatable bonds is 8. The second-order valence-electron chi connectivity index (χ2n) is 11.3. The summed E-state index contributed by atoms with van der Waals surface area (Å²) in [5.74, 6) is 1.17. The van der Waals surface area contributed by atoms with Crippen molar-refractivity contribution in [2.24, 2.45) is 27.6 Å². The van der Waals surface area contributed by atoms with Crippen LogP contribution < -0.4 is 16.4 Å². The maximum Gasteiger partial charge on any atom is 0.258 e. The maximum absolute atomic E-state index is 13.3. The predicted molar refractivity (Wildman–Crippen MR) is 191 cm³/mol. The molecular weight excluding hydrogens is 580 g/mol. The van der Waals surface area contributed by atoms with Crippen molar-refractivity contribution in [1.82, 2.24) is 15.5 Å². The summed E-state index contributed by atoms with van der Waals surface area (Å²) in [5, 5.41) is 14.0. The summed E-state index contributed by atoms with van der Waals surface area (Å²) < 4.78 is 0. The number of hydrogen-bond donors (Lipinski definition) is 4. The first kappa shape index (κ1) is 41.9. The summed E-state index contributed by atoms with van der Waals surface area (Å²) in [7, 11) is 2.10. The molecule has 0 aliphatic carbocycles. The number of para-hydroxylation sites is 1. The van der Waals surface area contributed by atoms with Crippen LogP contribution in [0.2, 0.25) is 0 Å². The summed E-state index contributed by atoms with van der Waals surface area (Å²) in [6.45, 7) is 19.9. The Labute approximate surface area is 276 Å². The van der Waals surface area contributed by atoms with E-state index in [1.165, 1.54) is 23.5 Å². The van der Waals surface area contributed by atoms with E-state index in [1.54, 1.807) is 13.0 Å². The zero-order valence-electron chi connectivity index (χ0n) is 29.3. The largest absolute Gasteiger partial charge is 0.403 e. The van der Waals surface area contributed by atoms with Crippen molar-refractivity contribution in [1.29, 1.82) is 0 Å². The van der Waals surface area contributed by atoms with Gasteiger partial charge in [-0.1, -0.05) is 66.2 Å². The van der Waals surface area contributed by atoms with Gasteiger partial charge in [0.2, 0.25) is 0 Å². The second kappa shape index (κ2) is 23.2. The highest BCUT2D eigenvalue weighted by Gasteiger charge is 2.19. The summed E-state index contributed by atoms with van der Waals surface area (Å²) >= 11 is 0. The number of aliphatic hydroxyl groups excluding tert-OH is 1. The number of benzene rings is 2. The standard InChI is InChI=1S/C29H38N6O2.C4H10O.C2H6.CH2O/c1-6-19(2)16-26(34-28(36)23-10-11-24-18-35(5)15-12-22(24)17-23)33-27-20(3)8-7-9-25(27)29(37)32-21(4)31-14-13-30;1-4(2)3-5;2*1-2/h7-11,13-14,17,19H,6,12,15-16,18,30H2,1-5H3,(H,31,32,37)(H,33,34,36);4-5H,3H2,1-2H3;1-2H3;1H2/b14-13-;;;. The van der Waals surface area contributed by atoms with Gasteiger partial charge in [0.15, 0.2) is 0 Å². The highest BCUT2D eigenvalue weighted by molar-refractivity contribution is 6.11. The number of nitrogens with zero attached hydrogens (tertiary/aromatic N) is 3. The van der Waals surface area contributed by atoms with Crippen molar-refractivity contribution >= 4 is 36.0 Å². The normalized spacial score (nSPS) is 13.6. The number of aliphatic hydroxyl groups is 1. The van der Waals surface area contributed by atoms with Crippen LogP contribution in [-0.4, -0.2) is 60.5 Å². The molecule has 0 saturated heterocycles. The minimum Gasteiger partial charge on any atom is -0.403 e. The molecule has 10 nitrogen and oxygen atoms in total. The summed E-state index contributed by atoms with van der Waals surface area (Å²) in [5.41, 5.74) is 10.2. The van der Waals surface area contributed by atoms with Crippen LogP contribution >= 0.6 is 0 Å². The minimum atomic E-state index is -0.331. The Morgan fingerprint density at radius 2 is 1.74 bits per heavy atom. The van der Waals surface area contributed by atoms with Crippen molar-refractivity contribution in [3.05, 3.63) is 76.6 Å². The number of likely N-dealkylation sites (N-methyl/N-ethyl adjacent to an activating group) is 1. The smallest absolute Gasteiger partial charge is 0.258 e. The molecule has 1 atom stereocenters. The van der Waals surface area contributed by atoms with Crippen molar-refractivity contribution in [3.63, 3.8) is 0 Å². The second-order valence-corrected chi connectivity index (χ2v) is 11.3. The molecule has 0 aromatic heterocycles. The molecule has 5 N–H and O–H groups in total. The first-order valence-electron chi connectivity index (χ1n) is 15.9. The number of carbonyl (C=O) groups excluding carboxylic acids is 3. The van der Waals surface area contributed by atoms with E-state index in [4.69, 9.17) is 20.6 Å².